The molecule has 0 amide bonds. The number of hydrogen-bond donors (Lipinski definition) is 1. The molecule has 0 saturated heterocycles. The molecule has 1 atom stereocenters. The number of carbonyl (C=O) groups excluding carboxylic acids is 1. The van der Waals surface area contributed by atoms with E-state index in [-0.39, 0.29) is 53.3 Å². The summed E-state index contributed by atoms with van der Waals surface area (Å²) in [5.41, 5.74) is 0.409. The van der Waals surface area contributed by atoms with E-state index >= 15 is 0 Å². The average Bonchev–Trinajstić information content (AvgIpc) is 2.85. The molecular weight excluding hydrogens is 550 g/mol. The first-order chi connectivity index (χ1) is 18.3. The number of nitrogens with zero attached hydrogens (tertiary/aromatic N) is 4. The minimum atomic E-state index is -4.31. The van der Waals surface area contributed by atoms with Crippen LogP contribution in [-0.2, 0) is 24.5 Å². The molecule has 1 heterocycles. The normalized spacial score (nSPS) is 13.1. The van der Waals surface area contributed by atoms with Gasteiger partial charge in [-0.2, -0.15) is 8.42 Å². The van der Waals surface area contributed by atoms with E-state index in [0.29, 0.717) is 16.7 Å². The molecule has 0 aliphatic heterocycles. The number of benzene rings is 2. The zero-order valence-corrected chi connectivity index (χ0v) is 23.5. The number of sulfonamides is 1. The molecule has 2 aromatic carbocycles. The SMILES string of the molecule is CCOC(=O)c1cc2c(NC(C)C)ncnc2cc1OCCCS(C)(=O)=NS(=O)(=O)c1ccc([N+](=O)[O-])cc1. The van der Waals surface area contributed by atoms with Crippen LogP contribution in [0.4, 0.5) is 11.5 Å². The molecule has 0 saturated carbocycles. The number of ether oxygens (including phenoxy) is 2. The Morgan fingerprint density at radius 3 is 2.46 bits per heavy atom. The monoisotopic (exact) mass is 579 g/mol. The summed E-state index contributed by atoms with van der Waals surface area (Å²) in [5.74, 6) is 0.0330. The lowest BCUT2D eigenvalue weighted by atomic mass is 10.1. The van der Waals surface area contributed by atoms with Crippen molar-refractivity contribution in [1.82, 2.24) is 9.97 Å². The summed E-state index contributed by atoms with van der Waals surface area (Å²) in [4.78, 5) is 31.0. The smallest absolute Gasteiger partial charge is 0.341 e. The van der Waals surface area contributed by atoms with Gasteiger partial charge in [0.05, 0.1) is 38.3 Å². The minimum absolute atomic E-state index is 0.00196. The maximum Gasteiger partial charge on any atom is 0.341 e. The fraction of sp³-hybridized carbons (Fsp3) is 0.375. The number of carbonyl (C=O) groups is 1. The van der Waals surface area contributed by atoms with Gasteiger partial charge in [-0.25, -0.2) is 19.0 Å². The fourth-order valence-corrected chi connectivity index (χ4v) is 6.93. The summed E-state index contributed by atoms with van der Waals surface area (Å²) in [5, 5.41) is 14.6. The van der Waals surface area contributed by atoms with Crippen molar-refractivity contribution >= 4 is 48.1 Å². The van der Waals surface area contributed by atoms with Crippen molar-refractivity contribution in [3.05, 3.63) is 58.4 Å². The molecule has 1 unspecified atom stereocenters. The third kappa shape index (κ3) is 7.83. The molecule has 0 bridgehead atoms. The van der Waals surface area contributed by atoms with Gasteiger partial charge in [-0.1, -0.05) is 0 Å². The van der Waals surface area contributed by atoms with Crippen LogP contribution in [-0.4, -0.2) is 64.8 Å². The molecule has 0 aliphatic rings. The first-order valence-electron chi connectivity index (χ1n) is 11.9. The second-order valence-corrected chi connectivity index (χ2v) is 13.1. The van der Waals surface area contributed by atoms with Crippen molar-refractivity contribution in [2.24, 2.45) is 3.77 Å². The van der Waals surface area contributed by atoms with Gasteiger partial charge in [-0.15, -0.1) is 3.77 Å². The van der Waals surface area contributed by atoms with E-state index in [1.54, 1.807) is 19.1 Å². The van der Waals surface area contributed by atoms with Crippen LogP contribution >= 0.6 is 0 Å². The van der Waals surface area contributed by atoms with Gasteiger partial charge in [-0.05, 0) is 45.4 Å². The number of non-ortho nitro benzene ring substituents is 1. The van der Waals surface area contributed by atoms with E-state index in [1.807, 2.05) is 13.8 Å². The molecule has 0 fully saturated rings. The van der Waals surface area contributed by atoms with E-state index in [1.165, 1.54) is 12.6 Å². The second-order valence-electron chi connectivity index (χ2n) is 8.77. The van der Waals surface area contributed by atoms with Crippen molar-refractivity contribution in [1.29, 1.82) is 0 Å². The number of anilines is 1. The third-order valence-electron chi connectivity index (χ3n) is 5.18. The molecule has 15 heteroatoms. The standard InChI is InChI=1S/C24H29N5O8S2/c1-5-36-24(30)20-13-19-21(25-15-26-23(19)27-16(2)3)14-22(20)37-11-6-12-38(4,33)28-39(34,35)18-9-7-17(8-10-18)29(31)32/h7-10,13-16H,5-6,11-12H2,1-4H3,(H,25,26,27). The predicted octanol–water partition coefficient (Wildman–Crippen LogP) is 3.79. The quantitative estimate of drug-likeness (QED) is 0.143. The molecule has 3 rings (SSSR count). The zero-order valence-electron chi connectivity index (χ0n) is 21.8. The largest absolute Gasteiger partial charge is 0.493 e. The highest BCUT2D eigenvalue weighted by atomic mass is 32.3. The van der Waals surface area contributed by atoms with Crippen molar-refractivity contribution in [3.63, 3.8) is 0 Å². The highest BCUT2D eigenvalue weighted by Gasteiger charge is 2.20. The first kappa shape index (κ1) is 29.7. The maximum absolute atomic E-state index is 12.9. The molecular formula is C24H29N5O8S2. The number of nitro groups is 1. The van der Waals surface area contributed by atoms with E-state index in [2.05, 4.69) is 19.1 Å². The highest BCUT2D eigenvalue weighted by Crippen LogP contribution is 2.29. The van der Waals surface area contributed by atoms with Crippen molar-refractivity contribution in [2.45, 2.75) is 38.1 Å². The molecule has 210 valence electrons. The molecule has 0 radical (unpaired) electrons. The van der Waals surface area contributed by atoms with E-state index in [9.17, 15) is 27.5 Å². The van der Waals surface area contributed by atoms with Gasteiger partial charge in [-0.3, -0.25) is 10.1 Å². The first-order valence-corrected chi connectivity index (χ1v) is 15.4. The van der Waals surface area contributed by atoms with Crippen LogP contribution in [0.15, 0.2) is 51.4 Å². The lowest BCUT2D eigenvalue weighted by Crippen LogP contribution is -2.14. The molecule has 39 heavy (non-hydrogen) atoms. The van der Waals surface area contributed by atoms with Gasteiger partial charge in [0.25, 0.3) is 15.7 Å². The second kappa shape index (κ2) is 12.3. The van der Waals surface area contributed by atoms with Crippen LogP contribution < -0.4 is 10.1 Å². The Balaban J connectivity index is 1.78. The Kier molecular flexibility index (Phi) is 9.40. The van der Waals surface area contributed by atoms with Gasteiger partial charge in [0.2, 0.25) is 0 Å². The van der Waals surface area contributed by atoms with Crippen LogP contribution in [0.2, 0.25) is 0 Å². The predicted molar refractivity (Wildman–Crippen MR) is 146 cm³/mol. The number of nitro benzene ring substituents is 1. The Bertz CT molecular complexity index is 1600. The number of rotatable bonds is 12. The molecule has 13 nitrogen and oxygen atoms in total. The lowest BCUT2D eigenvalue weighted by Gasteiger charge is -2.15. The summed E-state index contributed by atoms with van der Waals surface area (Å²) in [6.07, 6.45) is 2.75. The summed E-state index contributed by atoms with van der Waals surface area (Å²) < 4.78 is 52.6. The Labute approximate surface area is 226 Å². The van der Waals surface area contributed by atoms with E-state index in [0.717, 1.165) is 24.3 Å². The van der Waals surface area contributed by atoms with Gasteiger partial charge in [0.15, 0.2) is 0 Å². The lowest BCUT2D eigenvalue weighted by molar-refractivity contribution is -0.384. The van der Waals surface area contributed by atoms with Gasteiger partial charge < -0.3 is 14.8 Å². The van der Waals surface area contributed by atoms with Gasteiger partial charge in [0, 0.05) is 41.6 Å². The molecule has 1 aromatic heterocycles. The molecule has 0 spiro atoms. The van der Waals surface area contributed by atoms with Gasteiger partial charge >= 0.3 is 5.97 Å². The van der Waals surface area contributed by atoms with Crippen LogP contribution in [0.25, 0.3) is 10.9 Å². The van der Waals surface area contributed by atoms with Crippen molar-refractivity contribution < 1.29 is 31.8 Å². The number of esters is 1. The number of hydrogen-bond acceptors (Lipinski definition) is 11. The topological polar surface area (TPSA) is 180 Å². The summed E-state index contributed by atoms with van der Waals surface area (Å²) in [6, 6.07) is 7.40. The Morgan fingerprint density at radius 2 is 1.85 bits per heavy atom. The maximum atomic E-state index is 12.9. The summed E-state index contributed by atoms with van der Waals surface area (Å²) in [6.45, 7) is 5.74. The van der Waals surface area contributed by atoms with E-state index in [4.69, 9.17) is 9.47 Å². The van der Waals surface area contributed by atoms with Crippen LogP contribution in [0, 0.1) is 10.1 Å². The van der Waals surface area contributed by atoms with E-state index < -0.39 is 30.6 Å². The number of aromatic nitrogens is 2. The molecule has 3 aromatic rings. The third-order valence-corrected chi connectivity index (χ3v) is 9.14. The van der Waals surface area contributed by atoms with Gasteiger partial charge in [0.1, 0.15) is 23.5 Å². The molecule has 1 N–H and O–H groups in total. The highest BCUT2D eigenvalue weighted by molar-refractivity contribution is 8.02. The minimum Gasteiger partial charge on any atom is -0.493 e. The molecule has 0 aliphatic carbocycles. The fourth-order valence-electron chi connectivity index (χ4n) is 3.50. The van der Waals surface area contributed by atoms with Crippen LogP contribution in [0.1, 0.15) is 37.6 Å². The zero-order chi connectivity index (χ0) is 28.8. The Morgan fingerprint density at radius 1 is 1.15 bits per heavy atom. The van der Waals surface area contributed by atoms with Crippen molar-refractivity contribution in [3.8, 4) is 5.75 Å². The summed E-state index contributed by atoms with van der Waals surface area (Å²) in [7, 11) is -7.51. The average molecular weight is 580 g/mol. The Hall–Kier alpha value is -3.85. The van der Waals surface area contributed by atoms with Crippen LogP contribution in [0.5, 0.6) is 5.75 Å². The number of nitrogens with one attached hydrogen (secondary N) is 1. The number of fused-ring (bicyclic) bond motifs is 1. The van der Waals surface area contributed by atoms with Crippen molar-refractivity contribution in [2.75, 3.05) is 30.5 Å². The summed E-state index contributed by atoms with van der Waals surface area (Å²) >= 11 is 0. The van der Waals surface area contributed by atoms with Crippen LogP contribution in [0.3, 0.4) is 0 Å².